The number of rotatable bonds is 3. The van der Waals surface area contributed by atoms with Gasteiger partial charge < -0.3 is 5.73 Å². The van der Waals surface area contributed by atoms with Gasteiger partial charge in [0.15, 0.2) is 5.78 Å². The van der Waals surface area contributed by atoms with Crippen molar-refractivity contribution >= 4 is 5.78 Å². The summed E-state index contributed by atoms with van der Waals surface area (Å²) in [7, 11) is 0. The Hall–Kier alpha value is -0.790. The van der Waals surface area contributed by atoms with Crippen molar-refractivity contribution in [3.63, 3.8) is 0 Å². The molecule has 0 unspecified atom stereocenters. The third-order valence-electron chi connectivity index (χ3n) is 0.927. The molecule has 0 rings (SSSR count). The van der Waals surface area contributed by atoms with Gasteiger partial charge in [-0.1, -0.05) is 13.3 Å². The summed E-state index contributed by atoms with van der Waals surface area (Å²) in [6.45, 7) is 3.53. The summed E-state index contributed by atoms with van der Waals surface area (Å²) >= 11 is 0. The first-order chi connectivity index (χ1) is 4.16. The normalized spacial score (nSPS) is 11.6. The molecule has 0 aliphatic heterocycles. The van der Waals surface area contributed by atoms with Gasteiger partial charge in [-0.15, -0.1) is 0 Å². The summed E-state index contributed by atoms with van der Waals surface area (Å²) in [5, 5.41) is 0. The highest BCUT2D eigenvalue weighted by Gasteiger charge is 1.89. The Bertz CT molecular complexity index is 127. The lowest BCUT2D eigenvalue weighted by Crippen LogP contribution is -1.98. The minimum atomic E-state index is 0.0287. The van der Waals surface area contributed by atoms with Crippen molar-refractivity contribution in [3.05, 3.63) is 11.8 Å². The number of ketones is 1. The molecule has 0 saturated heterocycles. The quantitative estimate of drug-likeness (QED) is 0.579. The SMILES string of the molecule is CCC/C(N)=C/C(C)=O. The molecule has 0 bridgehead atoms. The molecule has 0 amide bonds. The van der Waals surface area contributed by atoms with Crippen LogP contribution in [0.2, 0.25) is 0 Å². The van der Waals surface area contributed by atoms with E-state index < -0.39 is 0 Å². The fraction of sp³-hybridized carbons (Fsp3) is 0.571. The standard InChI is InChI=1S/C7H13NO/c1-3-4-7(8)5-6(2)9/h5H,3-4,8H2,1-2H3/b7-5-. The van der Waals surface area contributed by atoms with Crippen LogP contribution in [0.3, 0.4) is 0 Å². The van der Waals surface area contributed by atoms with Gasteiger partial charge in [-0.05, 0) is 19.4 Å². The molecule has 0 fully saturated rings. The maximum Gasteiger partial charge on any atom is 0.154 e. The van der Waals surface area contributed by atoms with E-state index in [-0.39, 0.29) is 5.78 Å². The monoisotopic (exact) mass is 127 g/mol. The number of allylic oxidation sites excluding steroid dienone is 2. The van der Waals surface area contributed by atoms with Gasteiger partial charge >= 0.3 is 0 Å². The minimum absolute atomic E-state index is 0.0287. The molecule has 0 aromatic carbocycles. The first-order valence-electron chi connectivity index (χ1n) is 3.13. The van der Waals surface area contributed by atoms with Crippen molar-refractivity contribution in [2.24, 2.45) is 5.73 Å². The second kappa shape index (κ2) is 4.13. The van der Waals surface area contributed by atoms with Gasteiger partial charge in [-0.2, -0.15) is 0 Å². The van der Waals surface area contributed by atoms with Gasteiger partial charge in [0.2, 0.25) is 0 Å². The zero-order chi connectivity index (χ0) is 7.28. The first kappa shape index (κ1) is 8.21. The van der Waals surface area contributed by atoms with Crippen LogP contribution in [0.15, 0.2) is 11.8 Å². The summed E-state index contributed by atoms with van der Waals surface area (Å²) in [5.41, 5.74) is 6.11. The van der Waals surface area contributed by atoms with E-state index in [1.165, 1.54) is 13.0 Å². The van der Waals surface area contributed by atoms with E-state index in [9.17, 15) is 4.79 Å². The van der Waals surface area contributed by atoms with E-state index in [0.29, 0.717) is 5.70 Å². The van der Waals surface area contributed by atoms with E-state index in [4.69, 9.17) is 5.73 Å². The summed E-state index contributed by atoms with van der Waals surface area (Å²) in [4.78, 5) is 10.4. The number of hydrogen-bond donors (Lipinski definition) is 1. The van der Waals surface area contributed by atoms with Crippen LogP contribution in [-0.2, 0) is 4.79 Å². The molecule has 52 valence electrons. The molecule has 0 heterocycles. The lowest BCUT2D eigenvalue weighted by atomic mass is 10.2. The summed E-state index contributed by atoms with van der Waals surface area (Å²) in [5.74, 6) is 0.0287. The highest BCUT2D eigenvalue weighted by molar-refractivity contribution is 5.87. The van der Waals surface area contributed by atoms with Gasteiger partial charge in [-0.3, -0.25) is 4.79 Å². The van der Waals surface area contributed by atoms with Crippen LogP contribution in [0.1, 0.15) is 26.7 Å². The highest BCUT2D eigenvalue weighted by atomic mass is 16.1. The molecule has 2 heteroatoms. The smallest absolute Gasteiger partial charge is 0.154 e. The molecule has 0 radical (unpaired) electrons. The Morgan fingerprint density at radius 1 is 1.67 bits per heavy atom. The predicted octanol–water partition coefficient (Wildman–Crippen LogP) is 1.22. The van der Waals surface area contributed by atoms with Crippen molar-refractivity contribution in [2.75, 3.05) is 0 Å². The van der Waals surface area contributed by atoms with Crippen LogP contribution in [0.5, 0.6) is 0 Å². The average molecular weight is 127 g/mol. The molecule has 0 aliphatic rings. The fourth-order valence-corrected chi connectivity index (χ4v) is 0.622. The number of hydrogen-bond acceptors (Lipinski definition) is 2. The van der Waals surface area contributed by atoms with Crippen LogP contribution in [0.25, 0.3) is 0 Å². The van der Waals surface area contributed by atoms with Crippen LogP contribution in [-0.4, -0.2) is 5.78 Å². The van der Waals surface area contributed by atoms with Crippen molar-refractivity contribution in [2.45, 2.75) is 26.7 Å². The topological polar surface area (TPSA) is 43.1 Å². The van der Waals surface area contributed by atoms with E-state index in [0.717, 1.165) is 12.8 Å². The lowest BCUT2D eigenvalue weighted by molar-refractivity contribution is -0.112. The molecule has 0 spiro atoms. The van der Waals surface area contributed by atoms with Crippen LogP contribution in [0.4, 0.5) is 0 Å². The van der Waals surface area contributed by atoms with Gasteiger partial charge in [0.25, 0.3) is 0 Å². The Morgan fingerprint density at radius 3 is 2.56 bits per heavy atom. The number of nitrogens with two attached hydrogens (primary N) is 1. The molecular formula is C7H13NO. The molecular weight excluding hydrogens is 114 g/mol. The zero-order valence-corrected chi connectivity index (χ0v) is 5.98. The molecule has 2 N–H and O–H groups in total. The van der Waals surface area contributed by atoms with Gasteiger partial charge in [0.05, 0.1) is 0 Å². The molecule has 0 atom stereocenters. The largest absolute Gasteiger partial charge is 0.402 e. The average Bonchev–Trinajstić information content (AvgIpc) is 1.63. The maximum absolute atomic E-state index is 10.4. The second-order valence-electron chi connectivity index (χ2n) is 2.08. The molecule has 0 aromatic rings. The van der Waals surface area contributed by atoms with E-state index >= 15 is 0 Å². The lowest BCUT2D eigenvalue weighted by Gasteiger charge is -1.93. The second-order valence-corrected chi connectivity index (χ2v) is 2.08. The minimum Gasteiger partial charge on any atom is -0.402 e. The Kier molecular flexibility index (Phi) is 3.76. The van der Waals surface area contributed by atoms with Crippen molar-refractivity contribution in [1.82, 2.24) is 0 Å². The third-order valence-corrected chi connectivity index (χ3v) is 0.927. The first-order valence-corrected chi connectivity index (χ1v) is 3.13. The van der Waals surface area contributed by atoms with Crippen LogP contribution in [0, 0.1) is 0 Å². The Labute approximate surface area is 55.7 Å². The summed E-state index contributed by atoms with van der Waals surface area (Å²) in [6.07, 6.45) is 3.29. The van der Waals surface area contributed by atoms with Gasteiger partial charge in [0.1, 0.15) is 0 Å². The van der Waals surface area contributed by atoms with Crippen LogP contribution >= 0.6 is 0 Å². The third kappa shape index (κ3) is 5.07. The van der Waals surface area contributed by atoms with Crippen molar-refractivity contribution in [3.8, 4) is 0 Å². The number of carbonyl (C=O) groups is 1. The van der Waals surface area contributed by atoms with Crippen molar-refractivity contribution < 1.29 is 4.79 Å². The maximum atomic E-state index is 10.4. The molecule has 9 heavy (non-hydrogen) atoms. The van der Waals surface area contributed by atoms with Crippen molar-refractivity contribution in [1.29, 1.82) is 0 Å². The van der Waals surface area contributed by atoms with E-state index in [1.54, 1.807) is 0 Å². The molecule has 0 aromatic heterocycles. The Balaban J connectivity index is 3.69. The fourth-order valence-electron chi connectivity index (χ4n) is 0.622. The summed E-state index contributed by atoms with van der Waals surface area (Å²) in [6, 6.07) is 0. The van der Waals surface area contributed by atoms with Gasteiger partial charge in [-0.25, -0.2) is 0 Å². The molecule has 0 saturated carbocycles. The summed E-state index contributed by atoms with van der Waals surface area (Å²) < 4.78 is 0. The number of carbonyl (C=O) groups excluding carboxylic acids is 1. The predicted molar refractivity (Wildman–Crippen MR) is 37.9 cm³/mol. The molecule has 2 nitrogen and oxygen atoms in total. The zero-order valence-electron chi connectivity index (χ0n) is 5.98. The molecule has 0 aliphatic carbocycles. The van der Waals surface area contributed by atoms with Crippen LogP contribution < -0.4 is 5.73 Å². The van der Waals surface area contributed by atoms with E-state index in [2.05, 4.69) is 0 Å². The van der Waals surface area contributed by atoms with Gasteiger partial charge in [0, 0.05) is 5.70 Å². The highest BCUT2D eigenvalue weighted by Crippen LogP contribution is 1.95. The Morgan fingerprint density at radius 2 is 2.22 bits per heavy atom. The van der Waals surface area contributed by atoms with E-state index in [1.807, 2.05) is 6.92 Å².